The molecule has 0 aliphatic rings. The standard InChI is InChI=1S/C16H14FN3O2/c1-3-10-8-11(16(21)22)14-9(2)19-20(15(14)18-10)13-7-5-4-6-12(13)17/h4-8H,3H2,1-2H3,(H,21,22). The van der Waals surface area contributed by atoms with Gasteiger partial charge in [0.25, 0.3) is 0 Å². The summed E-state index contributed by atoms with van der Waals surface area (Å²) in [6.07, 6.45) is 0.581. The molecule has 0 aliphatic heterocycles. The molecular formula is C16H14FN3O2. The maximum Gasteiger partial charge on any atom is 0.336 e. The molecule has 0 saturated heterocycles. The fourth-order valence-corrected chi connectivity index (χ4v) is 2.48. The molecule has 0 radical (unpaired) electrons. The molecule has 6 heteroatoms. The number of hydrogen-bond donors (Lipinski definition) is 1. The minimum atomic E-state index is -1.04. The number of aromatic nitrogens is 3. The van der Waals surface area contributed by atoms with Crippen LogP contribution in [0, 0.1) is 12.7 Å². The van der Waals surface area contributed by atoms with E-state index < -0.39 is 11.8 Å². The highest BCUT2D eigenvalue weighted by molar-refractivity contribution is 6.03. The van der Waals surface area contributed by atoms with Crippen LogP contribution >= 0.6 is 0 Å². The second kappa shape index (κ2) is 5.22. The van der Waals surface area contributed by atoms with Crippen molar-refractivity contribution in [3.8, 4) is 5.69 Å². The largest absolute Gasteiger partial charge is 0.478 e. The highest BCUT2D eigenvalue weighted by atomic mass is 19.1. The summed E-state index contributed by atoms with van der Waals surface area (Å²) in [6, 6.07) is 7.75. The van der Waals surface area contributed by atoms with Crippen molar-refractivity contribution in [2.75, 3.05) is 0 Å². The number of nitrogens with zero attached hydrogens (tertiary/aromatic N) is 3. The first kappa shape index (κ1) is 14.2. The van der Waals surface area contributed by atoms with Crippen molar-refractivity contribution in [3.05, 3.63) is 53.1 Å². The molecule has 2 aromatic heterocycles. The molecule has 0 unspecified atom stereocenters. The van der Waals surface area contributed by atoms with E-state index in [-0.39, 0.29) is 11.3 Å². The minimum Gasteiger partial charge on any atom is -0.478 e. The summed E-state index contributed by atoms with van der Waals surface area (Å²) in [5, 5.41) is 14.2. The van der Waals surface area contributed by atoms with E-state index in [1.165, 1.54) is 10.7 Å². The van der Waals surface area contributed by atoms with Gasteiger partial charge in [0.05, 0.1) is 16.6 Å². The zero-order valence-corrected chi connectivity index (χ0v) is 12.2. The number of aryl methyl sites for hydroxylation is 2. The third-order valence-electron chi connectivity index (χ3n) is 3.54. The molecule has 5 nitrogen and oxygen atoms in total. The molecule has 112 valence electrons. The summed E-state index contributed by atoms with van der Waals surface area (Å²) in [6.45, 7) is 3.58. The van der Waals surface area contributed by atoms with Gasteiger partial charge in [-0.05, 0) is 31.5 Å². The van der Waals surface area contributed by atoms with E-state index in [9.17, 15) is 14.3 Å². The van der Waals surface area contributed by atoms with Crippen LogP contribution < -0.4 is 0 Å². The molecule has 3 aromatic rings. The minimum absolute atomic E-state index is 0.141. The van der Waals surface area contributed by atoms with Gasteiger partial charge in [0, 0.05) is 5.69 Å². The number of pyridine rings is 1. The zero-order chi connectivity index (χ0) is 15.9. The van der Waals surface area contributed by atoms with Gasteiger partial charge in [-0.15, -0.1) is 0 Å². The molecule has 0 saturated carbocycles. The maximum atomic E-state index is 14.0. The predicted molar refractivity (Wildman–Crippen MR) is 79.9 cm³/mol. The number of hydrogen-bond acceptors (Lipinski definition) is 3. The van der Waals surface area contributed by atoms with E-state index in [4.69, 9.17) is 0 Å². The number of carboxylic acid groups (broad SMARTS) is 1. The number of rotatable bonds is 3. The van der Waals surface area contributed by atoms with Gasteiger partial charge in [0.1, 0.15) is 11.5 Å². The average molecular weight is 299 g/mol. The normalized spacial score (nSPS) is 11.0. The van der Waals surface area contributed by atoms with Crippen LogP contribution in [-0.4, -0.2) is 25.8 Å². The molecule has 3 rings (SSSR count). The summed E-state index contributed by atoms with van der Waals surface area (Å²) in [5.41, 5.74) is 1.88. The van der Waals surface area contributed by atoms with E-state index >= 15 is 0 Å². The predicted octanol–water partition coefficient (Wildman–Crippen LogP) is 3.13. The van der Waals surface area contributed by atoms with Crippen molar-refractivity contribution in [1.29, 1.82) is 0 Å². The molecule has 2 heterocycles. The lowest BCUT2D eigenvalue weighted by Gasteiger charge is -2.06. The second-order valence-electron chi connectivity index (χ2n) is 4.97. The van der Waals surface area contributed by atoms with Crippen LogP contribution in [0.1, 0.15) is 28.7 Å². The fourth-order valence-electron chi connectivity index (χ4n) is 2.48. The Kier molecular flexibility index (Phi) is 3.36. The third kappa shape index (κ3) is 2.13. The van der Waals surface area contributed by atoms with Crippen LogP contribution in [0.2, 0.25) is 0 Å². The maximum absolute atomic E-state index is 14.0. The Balaban J connectivity index is 2.41. The van der Waals surface area contributed by atoms with E-state index in [0.29, 0.717) is 28.8 Å². The third-order valence-corrected chi connectivity index (χ3v) is 3.54. The molecular weight excluding hydrogens is 285 g/mol. The number of halogens is 1. The lowest BCUT2D eigenvalue weighted by molar-refractivity contribution is 0.0698. The molecule has 0 aliphatic carbocycles. The first-order valence-corrected chi connectivity index (χ1v) is 6.90. The summed E-state index contributed by atoms with van der Waals surface area (Å²) in [5.74, 6) is -1.48. The van der Waals surface area contributed by atoms with Crippen molar-refractivity contribution in [1.82, 2.24) is 14.8 Å². The smallest absolute Gasteiger partial charge is 0.336 e. The second-order valence-corrected chi connectivity index (χ2v) is 4.97. The van der Waals surface area contributed by atoms with Crippen molar-refractivity contribution in [2.24, 2.45) is 0 Å². The Morgan fingerprint density at radius 2 is 2.09 bits per heavy atom. The van der Waals surface area contributed by atoms with Gasteiger partial charge in [-0.1, -0.05) is 19.1 Å². The van der Waals surface area contributed by atoms with E-state index in [1.54, 1.807) is 31.2 Å². The molecule has 22 heavy (non-hydrogen) atoms. The first-order valence-electron chi connectivity index (χ1n) is 6.90. The van der Waals surface area contributed by atoms with Crippen LogP contribution in [0.3, 0.4) is 0 Å². The van der Waals surface area contributed by atoms with Gasteiger partial charge in [0.2, 0.25) is 0 Å². The van der Waals surface area contributed by atoms with Gasteiger partial charge in [0.15, 0.2) is 5.65 Å². The van der Waals surface area contributed by atoms with Gasteiger partial charge >= 0.3 is 5.97 Å². The van der Waals surface area contributed by atoms with E-state index in [2.05, 4.69) is 10.1 Å². The SMILES string of the molecule is CCc1cc(C(=O)O)c2c(C)nn(-c3ccccc3F)c2n1. The van der Waals surface area contributed by atoms with Gasteiger partial charge in [-0.3, -0.25) is 0 Å². The van der Waals surface area contributed by atoms with Gasteiger partial charge in [-0.2, -0.15) is 5.10 Å². The monoisotopic (exact) mass is 299 g/mol. The summed E-state index contributed by atoms with van der Waals surface area (Å²) in [4.78, 5) is 16.0. The van der Waals surface area contributed by atoms with Gasteiger partial charge in [-0.25, -0.2) is 18.9 Å². The Hall–Kier alpha value is -2.76. The topological polar surface area (TPSA) is 68.0 Å². The highest BCUT2D eigenvalue weighted by Crippen LogP contribution is 2.26. The molecule has 0 atom stereocenters. The van der Waals surface area contributed by atoms with Crippen LogP contribution in [0.4, 0.5) is 4.39 Å². The van der Waals surface area contributed by atoms with Crippen LogP contribution in [0.15, 0.2) is 30.3 Å². The number of aromatic carboxylic acids is 1. The van der Waals surface area contributed by atoms with Crippen LogP contribution in [0.25, 0.3) is 16.7 Å². The molecule has 0 fully saturated rings. The Morgan fingerprint density at radius 1 is 1.36 bits per heavy atom. The fraction of sp³-hybridized carbons (Fsp3) is 0.188. The summed E-state index contributed by atoms with van der Waals surface area (Å²) in [7, 11) is 0. The van der Waals surface area contributed by atoms with Crippen molar-refractivity contribution in [2.45, 2.75) is 20.3 Å². The quantitative estimate of drug-likeness (QED) is 0.806. The molecule has 0 spiro atoms. The number of fused-ring (bicyclic) bond motifs is 1. The summed E-state index contributed by atoms with van der Waals surface area (Å²) >= 11 is 0. The molecule has 1 aromatic carbocycles. The Morgan fingerprint density at radius 3 is 2.73 bits per heavy atom. The highest BCUT2D eigenvalue weighted by Gasteiger charge is 2.20. The first-order chi connectivity index (χ1) is 10.5. The summed E-state index contributed by atoms with van der Waals surface area (Å²) < 4.78 is 15.4. The molecule has 0 bridgehead atoms. The molecule has 1 N–H and O–H groups in total. The van der Waals surface area contributed by atoms with Crippen molar-refractivity contribution >= 4 is 17.0 Å². The average Bonchev–Trinajstić information content (AvgIpc) is 2.83. The molecule has 0 amide bonds. The van der Waals surface area contributed by atoms with Gasteiger partial charge < -0.3 is 5.11 Å². The van der Waals surface area contributed by atoms with Crippen LogP contribution in [-0.2, 0) is 6.42 Å². The Bertz CT molecular complexity index is 886. The Labute approximate surface area is 126 Å². The van der Waals surface area contributed by atoms with Crippen molar-refractivity contribution < 1.29 is 14.3 Å². The number of para-hydroxylation sites is 1. The number of carbonyl (C=O) groups is 1. The van der Waals surface area contributed by atoms with E-state index in [0.717, 1.165) is 0 Å². The zero-order valence-electron chi connectivity index (χ0n) is 12.2. The van der Waals surface area contributed by atoms with Crippen molar-refractivity contribution in [3.63, 3.8) is 0 Å². The lowest BCUT2D eigenvalue weighted by atomic mass is 10.1. The van der Waals surface area contributed by atoms with Crippen LogP contribution in [0.5, 0.6) is 0 Å². The lowest BCUT2D eigenvalue weighted by Crippen LogP contribution is -2.04. The number of carboxylic acids is 1. The van der Waals surface area contributed by atoms with E-state index in [1.807, 2.05) is 6.92 Å². The number of benzene rings is 1.